The molecule has 6 nitrogen and oxygen atoms in total. The molecular formula is C17H17IN2O4. The minimum atomic E-state index is -0.280. The summed E-state index contributed by atoms with van der Waals surface area (Å²) in [5.74, 6) is 1.25. The third-order valence-electron chi connectivity index (χ3n) is 3.15. The number of nitrogens with one attached hydrogen (secondary N) is 1. The van der Waals surface area contributed by atoms with Crippen LogP contribution in [0.3, 0.4) is 0 Å². The van der Waals surface area contributed by atoms with Gasteiger partial charge in [0, 0.05) is 14.7 Å². The fourth-order valence-electron chi connectivity index (χ4n) is 2.04. The number of nitrogens with zero attached hydrogens (tertiary/aromatic N) is 1. The van der Waals surface area contributed by atoms with Gasteiger partial charge < -0.3 is 14.2 Å². The zero-order valence-electron chi connectivity index (χ0n) is 13.5. The average molecular weight is 440 g/mol. The molecule has 126 valence electrons. The van der Waals surface area contributed by atoms with Crippen molar-refractivity contribution in [1.82, 2.24) is 5.43 Å². The van der Waals surface area contributed by atoms with E-state index < -0.39 is 0 Å². The van der Waals surface area contributed by atoms with Gasteiger partial charge in [0.05, 0.1) is 27.5 Å². The Balaban J connectivity index is 2.15. The topological polar surface area (TPSA) is 69.2 Å². The highest BCUT2D eigenvalue weighted by Gasteiger charge is 2.12. The highest BCUT2D eigenvalue weighted by Crippen LogP contribution is 2.37. The van der Waals surface area contributed by atoms with E-state index in [-0.39, 0.29) is 5.91 Å². The molecule has 0 aliphatic rings. The number of methoxy groups -OCH3 is 3. The molecule has 0 spiro atoms. The number of rotatable bonds is 6. The lowest BCUT2D eigenvalue weighted by Crippen LogP contribution is -2.17. The maximum atomic E-state index is 12.0. The van der Waals surface area contributed by atoms with Crippen molar-refractivity contribution in [3.8, 4) is 17.2 Å². The third kappa shape index (κ3) is 4.38. The molecule has 1 N–H and O–H groups in total. The van der Waals surface area contributed by atoms with Crippen LogP contribution < -0.4 is 19.6 Å². The van der Waals surface area contributed by atoms with Crippen molar-refractivity contribution in [2.75, 3.05) is 21.3 Å². The van der Waals surface area contributed by atoms with Crippen LogP contribution in [0.4, 0.5) is 0 Å². The monoisotopic (exact) mass is 440 g/mol. The molecule has 2 aromatic rings. The third-order valence-corrected chi connectivity index (χ3v) is 3.82. The number of amides is 1. The summed E-state index contributed by atoms with van der Waals surface area (Å²) in [6.45, 7) is 0. The Kier molecular flexibility index (Phi) is 6.42. The van der Waals surface area contributed by atoms with Crippen LogP contribution >= 0.6 is 22.6 Å². The number of hydrazone groups is 1. The lowest BCUT2D eigenvalue weighted by molar-refractivity contribution is 0.0955. The lowest BCUT2D eigenvalue weighted by Gasteiger charge is -2.12. The number of benzene rings is 2. The average Bonchev–Trinajstić information content (AvgIpc) is 2.60. The van der Waals surface area contributed by atoms with Crippen molar-refractivity contribution >= 4 is 34.7 Å². The molecule has 0 radical (unpaired) electrons. The van der Waals surface area contributed by atoms with Crippen molar-refractivity contribution in [1.29, 1.82) is 0 Å². The molecule has 0 saturated carbocycles. The van der Waals surface area contributed by atoms with Gasteiger partial charge in [-0.05, 0) is 52.9 Å². The molecule has 0 aliphatic carbocycles. The molecule has 2 aromatic carbocycles. The first-order chi connectivity index (χ1) is 11.6. The quantitative estimate of drug-likeness (QED) is 0.426. The Bertz CT molecular complexity index is 737. The van der Waals surface area contributed by atoms with Crippen LogP contribution in [0.2, 0.25) is 0 Å². The van der Waals surface area contributed by atoms with Gasteiger partial charge in [0.25, 0.3) is 5.91 Å². The number of halogens is 1. The summed E-state index contributed by atoms with van der Waals surface area (Å²) < 4.78 is 16.8. The first kappa shape index (κ1) is 18.1. The predicted octanol–water partition coefficient (Wildman–Crippen LogP) is 3.08. The van der Waals surface area contributed by atoms with E-state index in [0.717, 1.165) is 3.57 Å². The van der Waals surface area contributed by atoms with Gasteiger partial charge in [-0.2, -0.15) is 5.10 Å². The second-order valence-corrected chi connectivity index (χ2v) is 5.91. The van der Waals surface area contributed by atoms with E-state index in [2.05, 4.69) is 33.1 Å². The highest BCUT2D eigenvalue weighted by atomic mass is 127. The van der Waals surface area contributed by atoms with Gasteiger partial charge in [-0.1, -0.05) is 6.07 Å². The summed E-state index contributed by atoms with van der Waals surface area (Å²) in [4.78, 5) is 12.0. The van der Waals surface area contributed by atoms with Crippen molar-refractivity contribution in [3.05, 3.63) is 51.1 Å². The van der Waals surface area contributed by atoms with Gasteiger partial charge in [0.1, 0.15) is 0 Å². The smallest absolute Gasteiger partial charge is 0.271 e. The van der Waals surface area contributed by atoms with Crippen LogP contribution in [0.1, 0.15) is 15.9 Å². The van der Waals surface area contributed by atoms with E-state index in [1.165, 1.54) is 27.5 Å². The van der Waals surface area contributed by atoms with E-state index >= 15 is 0 Å². The fourth-order valence-corrected chi connectivity index (χ4v) is 2.58. The number of hydrogen-bond acceptors (Lipinski definition) is 5. The SMILES string of the molecule is COc1cc(/C=N/NC(=O)c2cccc(I)c2)cc(OC)c1OC. The maximum absolute atomic E-state index is 12.0. The Morgan fingerprint density at radius 3 is 2.29 bits per heavy atom. The molecule has 1 amide bonds. The first-order valence-corrected chi connectivity index (χ1v) is 8.06. The molecule has 7 heteroatoms. The molecule has 2 rings (SSSR count). The molecule has 0 atom stereocenters. The van der Waals surface area contributed by atoms with Crippen LogP contribution in [-0.2, 0) is 0 Å². The molecular weight excluding hydrogens is 423 g/mol. The van der Waals surface area contributed by atoms with Gasteiger partial charge in [-0.15, -0.1) is 0 Å². The summed E-state index contributed by atoms with van der Waals surface area (Å²) in [5.41, 5.74) is 3.74. The second kappa shape index (κ2) is 8.53. The molecule has 0 heterocycles. The maximum Gasteiger partial charge on any atom is 0.271 e. The van der Waals surface area contributed by atoms with E-state index in [1.807, 2.05) is 12.1 Å². The van der Waals surface area contributed by atoms with Gasteiger partial charge in [0.2, 0.25) is 5.75 Å². The first-order valence-electron chi connectivity index (χ1n) is 6.98. The van der Waals surface area contributed by atoms with Crippen molar-refractivity contribution in [3.63, 3.8) is 0 Å². The predicted molar refractivity (Wildman–Crippen MR) is 100 cm³/mol. The highest BCUT2D eigenvalue weighted by molar-refractivity contribution is 14.1. The number of ether oxygens (including phenoxy) is 3. The molecule has 0 saturated heterocycles. The van der Waals surface area contributed by atoms with Gasteiger partial charge in [0.15, 0.2) is 11.5 Å². The van der Waals surface area contributed by atoms with E-state index in [0.29, 0.717) is 28.4 Å². The van der Waals surface area contributed by atoms with Crippen molar-refractivity contribution in [2.45, 2.75) is 0 Å². The summed E-state index contributed by atoms with van der Waals surface area (Å²) in [6.07, 6.45) is 1.51. The van der Waals surface area contributed by atoms with Crippen molar-refractivity contribution in [2.24, 2.45) is 5.10 Å². The molecule has 0 aliphatic heterocycles. The Hall–Kier alpha value is -2.29. The summed E-state index contributed by atoms with van der Waals surface area (Å²) in [7, 11) is 4.61. The Labute approximate surface area is 153 Å². The normalized spacial score (nSPS) is 10.5. The standard InChI is InChI=1S/C17H17IN2O4/c1-22-14-7-11(8-15(23-2)16(14)24-3)10-19-20-17(21)12-5-4-6-13(18)9-12/h4-10H,1-3H3,(H,20,21)/b19-10+. The Morgan fingerprint density at radius 1 is 1.08 bits per heavy atom. The molecule has 24 heavy (non-hydrogen) atoms. The fraction of sp³-hybridized carbons (Fsp3) is 0.176. The summed E-state index contributed by atoms with van der Waals surface area (Å²) in [6, 6.07) is 10.7. The Morgan fingerprint density at radius 2 is 1.75 bits per heavy atom. The minimum absolute atomic E-state index is 0.280. The number of carbonyl (C=O) groups is 1. The van der Waals surface area contributed by atoms with Crippen LogP contribution in [0.15, 0.2) is 41.5 Å². The largest absolute Gasteiger partial charge is 0.493 e. The van der Waals surface area contributed by atoms with E-state index in [1.54, 1.807) is 24.3 Å². The van der Waals surface area contributed by atoms with Crippen LogP contribution in [0.25, 0.3) is 0 Å². The molecule has 0 bridgehead atoms. The van der Waals surface area contributed by atoms with Gasteiger partial charge in [-0.3, -0.25) is 4.79 Å². The van der Waals surface area contributed by atoms with Crippen LogP contribution in [0, 0.1) is 3.57 Å². The molecule has 0 unspecified atom stereocenters. The zero-order chi connectivity index (χ0) is 17.5. The zero-order valence-corrected chi connectivity index (χ0v) is 15.7. The summed E-state index contributed by atoms with van der Waals surface area (Å²) >= 11 is 2.15. The van der Waals surface area contributed by atoms with Gasteiger partial charge in [-0.25, -0.2) is 5.43 Å². The van der Waals surface area contributed by atoms with Crippen LogP contribution in [-0.4, -0.2) is 33.5 Å². The molecule has 0 aromatic heterocycles. The lowest BCUT2D eigenvalue weighted by atomic mass is 10.2. The van der Waals surface area contributed by atoms with Crippen molar-refractivity contribution < 1.29 is 19.0 Å². The molecule has 0 fully saturated rings. The minimum Gasteiger partial charge on any atom is -0.493 e. The van der Waals surface area contributed by atoms with Gasteiger partial charge >= 0.3 is 0 Å². The number of carbonyl (C=O) groups excluding carboxylic acids is 1. The van der Waals surface area contributed by atoms with E-state index in [9.17, 15) is 4.79 Å². The summed E-state index contributed by atoms with van der Waals surface area (Å²) in [5, 5.41) is 3.97. The van der Waals surface area contributed by atoms with E-state index in [4.69, 9.17) is 14.2 Å². The number of hydrogen-bond donors (Lipinski definition) is 1. The second-order valence-electron chi connectivity index (χ2n) is 4.67. The van der Waals surface area contributed by atoms with Crippen LogP contribution in [0.5, 0.6) is 17.2 Å².